The van der Waals surface area contributed by atoms with Crippen molar-refractivity contribution in [1.82, 2.24) is 4.90 Å². The van der Waals surface area contributed by atoms with Gasteiger partial charge in [0.05, 0.1) is 6.04 Å². The summed E-state index contributed by atoms with van der Waals surface area (Å²) in [5.74, 6) is 0. The SMILES string of the molecule is CN1C2=C(CCCC2)C(N)=C2CCCC21.[I-]. The third-order valence-corrected chi connectivity index (χ3v) is 4.33. The van der Waals surface area contributed by atoms with Crippen molar-refractivity contribution in [3.05, 3.63) is 22.5 Å². The van der Waals surface area contributed by atoms with Crippen LogP contribution in [-0.2, 0) is 0 Å². The molecule has 0 amide bonds. The van der Waals surface area contributed by atoms with E-state index in [0.717, 1.165) is 0 Å². The Morgan fingerprint density at radius 3 is 2.69 bits per heavy atom. The smallest absolute Gasteiger partial charge is 0.0519 e. The molecule has 1 unspecified atom stereocenters. The molecule has 1 heterocycles. The van der Waals surface area contributed by atoms with E-state index < -0.39 is 0 Å². The first kappa shape index (κ1) is 12.3. The molecule has 2 N–H and O–H groups in total. The van der Waals surface area contributed by atoms with E-state index in [1.165, 1.54) is 61.8 Å². The maximum Gasteiger partial charge on any atom is 0.0519 e. The molecule has 0 aromatic carbocycles. The van der Waals surface area contributed by atoms with Gasteiger partial charge in [0, 0.05) is 18.4 Å². The molecule has 16 heavy (non-hydrogen) atoms. The maximum atomic E-state index is 6.33. The van der Waals surface area contributed by atoms with Gasteiger partial charge in [-0.05, 0) is 56.1 Å². The predicted molar refractivity (Wildman–Crippen MR) is 62.1 cm³/mol. The highest BCUT2D eigenvalue weighted by atomic mass is 127. The predicted octanol–water partition coefficient (Wildman–Crippen LogP) is -0.471. The van der Waals surface area contributed by atoms with Crippen LogP contribution in [0.4, 0.5) is 0 Å². The number of nitrogens with zero attached hydrogens (tertiary/aromatic N) is 1. The lowest BCUT2D eigenvalue weighted by Gasteiger charge is -2.39. The molecule has 1 atom stereocenters. The van der Waals surface area contributed by atoms with Crippen molar-refractivity contribution in [3.63, 3.8) is 0 Å². The van der Waals surface area contributed by atoms with Gasteiger partial charge in [-0.3, -0.25) is 0 Å². The number of halogens is 1. The Hall–Kier alpha value is -0.190. The fourth-order valence-corrected chi connectivity index (χ4v) is 3.52. The first-order valence-electron chi connectivity index (χ1n) is 6.23. The molecule has 0 aromatic rings. The zero-order chi connectivity index (χ0) is 10.4. The monoisotopic (exact) mass is 331 g/mol. The lowest BCUT2D eigenvalue weighted by molar-refractivity contribution is -0.00000324. The van der Waals surface area contributed by atoms with E-state index in [9.17, 15) is 0 Å². The summed E-state index contributed by atoms with van der Waals surface area (Å²) in [5.41, 5.74) is 12.1. The van der Waals surface area contributed by atoms with Gasteiger partial charge < -0.3 is 34.6 Å². The van der Waals surface area contributed by atoms with E-state index in [0.29, 0.717) is 6.04 Å². The number of rotatable bonds is 0. The van der Waals surface area contributed by atoms with Gasteiger partial charge in [0.25, 0.3) is 0 Å². The Balaban J connectivity index is 0.000000963. The second-order valence-electron chi connectivity index (χ2n) is 5.09. The topological polar surface area (TPSA) is 29.3 Å². The Morgan fingerprint density at radius 2 is 1.88 bits per heavy atom. The fraction of sp³-hybridized carbons (Fsp3) is 0.692. The summed E-state index contributed by atoms with van der Waals surface area (Å²) in [6.45, 7) is 0. The van der Waals surface area contributed by atoms with Gasteiger partial charge >= 0.3 is 0 Å². The quantitative estimate of drug-likeness (QED) is 0.608. The lowest BCUT2D eigenvalue weighted by Crippen LogP contribution is -3.00. The standard InChI is InChI=1S/C13H20N2.HI/c1-15-11-7-3-2-5-9(11)13(14)10-6-4-8-12(10)15;/h12H,2-8,14H2,1H3;1H/p-1. The summed E-state index contributed by atoms with van der Waals surface area (Å²) in [6.07, 6.45) is 8.99. The summed E-state index contributed by atoms with van der Waals surface area (Å²) in [7, 11) is 2.27. The van der Waals surface area contributed by atoms with Crippen molar-refractivity contribution >= 4 is 0 Å². The van der Waals surface area contributed by atoms with Gasteiger partial charge in [-0.1, -0.05) is 0 Å². The highest BCUT2D eigenvalue weighted by molar-refractivity contribution is 5.44. The van der Waals surface area contributed by atoms with Crippen LogP contribution in [0.3, 0.4) is 0 Å². The second-order valence-corrected chi connectivity index (χ2v) is 5.09. The average Bonchev–Trinajstić information content (AvgIpc) is 2.75. The van der Waals surface area contributed by atoms with Crippen molar-refractivity contribution in [2.24, 2.45) is 5.73 Å². The van der Waals surface area contributed by atoms with E-state index in [4.69, 9.17) is 5.73 Å². The molecule has 2 nitrogen and oxygen atoms in total. The van der Waals surface area contributed by atoms with Crippen molar-refractivity contribution in [1.29, 1.82) is 0 Å². The molecule has 0 spiro atoms. The van der Waals surface area contributed by atoms with Crippen molar-refractivity contribution in [2.75, 3.05) is 7.05 Å². The lowest BCUT2D eigenvalue weighted by atomic mass is 9.86. The molecule has 2 aliphatic carbocycles. The first-order chi connectivity index (χ1) is 7.29. The van der Waals surface area contributed by atoms with Gasteiger partial charge in [0.2, 0.25) is 0 Å². The summed E-state index contributed by atoms with van der Waals surface area (Å²) >= 11 is 0. The molecule has 0 bridgehead atoms. The Bertz CT molecular complexity index is 357. The molecular weight excluding hydrogens is 311 g/mol. The van der Waals surface area contributed by atoms with Crippen LogP contribution in [0.2, 0.25) is 0 Å². The first-order valence-corrected chi connectivity index (χ1v) is 6.23. The van der Waals surface area contributed by atoms with Crippen LogP contribution < -0.4 is 29.7 Å². The number of hydrogen-bond acceptors (Lipinski definition) is 2. The average molecular weight is 331 g/mol. The van der Waals surface area contributed by atoms with E-state index in [2.05, 4.69) is 11.9 Å². The van der Waals surface area contributed by atoms with Gasteiger partial charge in [-0.2, -0.15) is 0 Å². The van der Waals surface area contributed by atoms with Gasteiger partial charge in [0.15, 0.2) is 0 Å². The van der Waals surface area contributed by atoms with Crippen LogP contribution in [0, 0.1) is 0 Å². The molecule has 0 radical (unpaired) electrons. The molecule has 3 heteroatoms. The van der Waals surface area contributed by atoms with Crippen molar-refractivity contribution in [3.8, 4) is 0 Å². The molecule has 1 saturated carbocycles. The number of hydrogen-bond donors (Lipinski definition) is 1. The van der Waals surface area contributed by atoms with E-state index >= 15 is 0 Å². The Morgan fingerprint density at radius 1 is 1.12 bits per heavy atom. The van der Waals surface area contributed by atoms with E-state index in [1.54, 1.807) is 5.70 Å². The number of allylic oxidation sites excluding steroid dienone is 2. The highest BCUT2D eigenvalue weighted by Crippen LogP contribution is 2.42. The molecule has 0 aromatic heterocycles. The molecule has 1 fully saturated rings. The van der Waals surface area contributed by atoms with Crippen LogP contribution in [0.25, 0.3) is 0 Å². The minimum Gasteiger partial charge on any atom is -1.00 e. The molecule has 0 saturated heterocycles. The summed E-state index contributed by atoms with van der Waals surface area (Å²) in [5, 5.41) is 0. The number of fused-ring (bicyclic) bond motifs is 1. The third kappa shape index (κ3) is 1.67. The molecule has 3 aliphatic rings. The van der Waals surface area contributed by atoms with E-state index in [-0.39, 0.29) is 24.0 Å². The van der Waals surface area contributed by atoms with Gasteiger partial charge in [-0.15, -0.1) is 0 Å². The zero-order valence-corrected chi connectivity index (χ0v) is 12.1. The van der Waals surface area contributed by atoms with Gasteiger partial charge in [-0.25, -0.2) is 0 Å². The highest BCUT2D eigenvalue weighted by Gasteiger charge is 2.34. The maximum absolute atomic E-state index is 6.33. The minimum absolute atomic E-state index is 0. The summed E-state index contributed by atoms with van der Waals surface area (Å²) in [4.78, 5) is 2.52. The molecular formula is C13H20IN2-. The van der Waals surface area contributed by atoms with Crippen LogP contribution in [0.5, 0.6) is 0 Å². The molecule has 1 aliphatic heterocycles. The fourth-order valence-electron chi connectivity index (χ4n) is 3.52. The van der Waals surface area contributed by atoms with E-state index in [1.807, 2.05) is 0 Å². The number of nitrogens with two attached hydrogens (primary N) is 1. The minimum atomic E-state index is 0. The van der Waals surface area contributed by atoms with Crippen LogP contribution in [-0.4, -0.2) is 18.0 Å². The molecule has 3 rings (SSSR count). The third-order valence-electron chi connectivity index (χ3n) is 4.33. The van der Waals surface area contributed by atoms with Crippen LogP contribution in [0.1, 0.15) is 44.9 Å². The molecule has 90 valence electrons. The van der Waals surface area contributed by atoms with Crippen molar-refractivity contribution in [2.45, 2.75) is 51.0 Å². The van der Waals surface area contributed by atoms with Crippen LogP contribution >= 0.6 is 0 Å². The Labute approximate surface area is 115 Å². The van der Waals surface area contributed by atoms with Crippen molar-refractivity contribution < 1.29 is 24.0 Å². The van der Waals surface area contributed by atoms with Gasteiger partial charge in [0.1, 0.15) is 0 Å². The number of likely N-dealkylation sites (N-methyl/N-ethyl adjacent to an activating group) is 1. The van der Waals surface area contributed by atoms with Crippen LogP contribution in [0.15, 0.2) is 22.5 Å². The summed E-state index contributed by atoms with van der Waals surface area (Å²) < 4.78 is 0. The second kappa shape index (κ2) is 4.59. The normalized spacial score (nSPS) is 28.8. The summed E-state index contributed by atoms with van der Waals surface area (Å²) in [6, 6.07) is 0.641. The Kier molecular flexibility index (Phi) is 3.52. The largest absolute Gasteiger partial charge is 1.00 e. The zero-order valence-electron chi connectivity index (χ0n) is 9.93.